The number of aromatic nitrogens is 1. The summed E-state index contributed by atoms with van der Waals surface area (Å²) < 4.78 is 18.1. The van der Waals surface area contributed by atoms with Gasteiger partial charge < -0.3 is 10.2 Å². The molecule has 1 heterocycles. The average Bonchev–Trinajstić information content (AvgIpc) is 3.11. The van der Waals surface area contributed by atoms with E-state index < -0.39 is 10.8 Å². The summed E-state index contributed by atoms with van der Waals surface area (Å²) >= 11 is 0. The minimum atomic E-state index is -1.13. The zero-order valence-corrected chi connectivity index (χ0v) is 12.1. The van der Waals surface area contributed by atoms with Gasteiger partial charge in [0, 0.05) is 17.5 Å². The Balaban J connectivity index is 1.54. The second-order valence-corrected chi connectivity index (χ2v) is 7.53. The molecule has 4 atom stereocenters. The van der Waals surface area contributed by atoms with Crippen molar-refractivity contribution < 1.29 is 8.63 Å². The fourth-order valence-electron chi connectivity index (χ4n) is 3.86. The molecule has 1 aromatic carbocycles. The molecular weight excluding hydrogens is 272 g/mol. The fourth-order valence-corrected chi connectivity index (χ4v) is 5.19. The van der Waals surface area contributed by atoms with Gasteiger partial charge in [0.1, 0.15) is 16.3 Å². The van der Waals surface area contributed by atoms with Crippen LogP contribution in [0.1, 0.15) is 25.7 Å². The van der Waals surface area contributed by atoms with Gasteiger partial charge in [-0.25, -0.2) is 9.19 Å². The lowest BCUT2D eigenvalue weighted by Gasteiger charge is -2.19. The van der Waals surface area contributed by atoms with Gasteiger partial charge in [0.2, 0.25) is 0 Å². The lowest BCUT2D eigenvalue weighted by atomic mass is 9.90. The number of fused-ring (bicyclic) bond motifs is 3. The number of rotatable bonds is 3. The molecule has 20 heavy (non-hydrogen) atoms. The molecule has 2 bridgehead atoms. The number of nitrogen functional groups attached to an aromatic ring is 1. The number of nitrogens with two attached hydrogens (primary N) is 1. The molecule has 4 rings (SSSR count). The number of anilines is 1. The molecule has 2 saturated carbocycles. The number of benzene rings is 1. The highest BCUT2D eigenvalue weighted by molar-refractivity contribution is 7.84. The van der Waals surface area contributed by atoms with E-state index in [2.05, 4.69) is 4.98 Å². The third-order valence-electron chi connectivity index (χ3n) is 4.84. The van der Waals surface area contributed by atoms with E-state index in [1.165, 1.54) is 25.7 Å². The summed E-state index contributed by atoms with van der Waals surface area (Å²) in [6.07, 6.45) is 5.27. The minimum Gasteiger partial charge on any atom is -0.430 e. The maximum atomic E-state index is 12.5. The molecule has 1 aromatic heterocycles. The zero-order valence-electron chi connectivity index (χ0n) is 11.2. The number of hydrogen-bond acceptors (Lipinski definition) is 4. The van der Waals surface area contributed by atoms with Gasteiger partial charge in [-0.05, 0) is 49.1 Å². The highest BCUT2D eigenvalue weighted by Gasteiger charge is 2.40. The first-order valence-electron chi connectivity index (χ1n) is 7.23. The van der Waals surface area contributed by atoms with Crippen LogP contribution in [0.15, 0.2) is 27.8 Å². The second-order valence-electron chi connectivity index (χ2n) is 6.15. The maximum Gasteiger partial charge on any atom is 0.287 e. The molecule has 4 unspecified atom stereocenters. The Morgan fingerprint density at radius 3 is 3.00 bits per heavy atom. The zero-order chi connectivity index (χ0) is 13.7. The van der Waals surface area contributed by atoms with E-state index in [1.54, 1.807) is 12.1 Å². The SMILES string of the molecule is Nc1ccc2nc(S(=O)CC3CC4CCC3C4)oc2c1. The second kappa shape index (κ2) is 4.58. The Hall–Kier alpha value is -1.36. The summed E-state index contributed by atoms with van der Waals surface area (Å²) in [5, 5.41) is 0.355. The molecule has 106 valence electrons. The number of nitrogens with zero attached hydrogens (tertiary/aromatic N) is 1. The molecule has 0 radical (unpaired) electrons. The summed E-state index contributed by atoms with van der Waals surface area (Å²) in [4.78, 5) is 4.34. The predicted octanol–water partition coefficient (Wildman–Crippen LogP) is 2.95. The van der Waals surface area contributed by atoms with Gasteiger partial charge in [0.25, 0.3) is 5.22 Å². The summed E-state index contributed by atoms with van der Waals surface area (Å²) in [7, 11) is -1.13. The van der Waals surface area contributed by atoms with Crippen LogP contribution >= 0.6 is 0 Å². The Morgan fingerprint density at radius 2 is 2.25 bits per heavy atom. The fraction of sp³-hybridized carbons (Fsp3) is 0.533. The van der Waals surface area contributed by atoms with Gasteiger partial charge in [-0.3, -0.25) is 0 Å². The molecule has 2 N–H and O–H groups in total. The van der Waals surface area contributed by atoms with Crippen molar-refractivity contribution >= 4 is 27.6 Å². The van der Waals surface area contributed by atoms with Crippen LogP contribution in [0.25, 0.3) is 11.1 Å². The lowest BCUT2D eigenvalue weighted by Crippen LogP contribution is -2.18. The van der Waals surface area contributed by atoms with Crippen LogP contribution in [-0.4, -0.2) is 14.9 Å². The summed E-state index contributed by atoms with van der Waals surface area (Å²) in [6, 6.07) is 5.33. The third kappa shape index (κ3) is 2.04. The van der Waals surface area contributed by atoms with E-state index in [-0.39, 0.29) is 0 Å². The predicted molar refractivity (Wildman–Crippen MR) is 78.6 cm³/mol. The molecule has 4 nitrogen and oxygen atoms in total. The lowest BCUT2D eigenvalue weighted by molar-refractivity contribution is 0.361. The molecule has 0 aliphatic heterocycles. The number of hydrogen-bond donors (Lipinski definition) is 1. The van der Waals surface area contributed by atoms with Gasteiger partial charge >= 0.3 is 0 Å². The third-order valence-corrected chi connectivity index (χ3v) is 6.13. The summed E-state index contributed by atoms with van der Waals surface area (Å²) in [6.45, 7) is 0. The van der Waals surface area contributed by atoms with Crippen molar-refractivity contribution in [2.24, 2.45) is 17.8 Å². The van der Waals surface area contributed by atoms with E-state index >= 15 is 0 Å². The quantitative estimate of drug-likeness (QED) is 0.882. The van der Waals surface area contributed by atoms with Gasteiger partial charge in [-0.2, -0.15) is 0 Å². The Kier molecular flexibility index (Phi) is 2.84. The highest BCUT2D eigenvalue weighted by Crippen LogP contribution is 2.48. The number of oxazole rings is 1. The first-order valence-corrected chi connectivity index (χ1v) is 8.55. The molecule has 2 fully saturated rings. The van der Waals surface area contributed by atoms with Gasteiger partial charge in [-0.1, -0.05) is 6.42 Å². The Labute approximate surface area is 120 Å². The van der Waals surface area contributed by atoms with Crippen LogP contribution in [0.3, 0.4) is 0 Å². The minimum absolute atomic E-state index is 0.355. The normalized spacial score (nSPS) is 30.1. The molecule has 5 heteroatoms. The smallest absolute Gasteiger partial charge is 0.287 e. The van der Waals surface area contributed by atoms with E-state index in [0.717, 1.165) is 17.4 Å². The monoisotopic (exact) mass is 290 g/mol. The van der Waals surface area contributed by atoms with Crippen molar-refractivity contribution in [3.8, 4) is 0 Å². The van der Waals surface area contributed by atoms with Crippen LogP contribution < -0.4 is 5.73 Å². The topological polar surface area (TPSA) is 69.1 Å². The maximum absolute atomic E-state index is 12.5. The molecule has 2 aromatic rings. The van der Waals surface area contributed by atoms with Gasteiger partial charge in [0.05, 0.1) is 0 Å². The molecule has 2 aliphatic carbocycles. The average molecular weight is 290 g/mol. The molecule has 0 saturated heterocycles. The van der Waals surface area contributed by atoms with E-state index in [4.69, 9.17) is 10.2 Å². The molecular formula is C15H18N2O2S. The first kappa shape index (κ1) is 12.4. The van der Waals surface area contributed by atoms with Crippen molar-refractivity contribution in [2.45, 2.75) is 30.9 Å². The van der Waals surface area contributed by atoms with Crippen molar-refractivity contribution in [2.75, 3.05) is 11.5 Å². The standard InChI is InChI=1S/C15H18N2O2S/c16-12-3-4-13-14(7-12)19-15(17-13)20(18)8-11-6-9-1-2-10(11)5-9/h3-4,7,9-11H,1-2,5-6,8,16H2. The Bertz CT molecular complexity index is 682. The Morgan fingerprint density at radius 1 is 1.35 bits per heavy atom. The van der Waals surface area contributed by atoms with Gasteiger partial charge in [0.15, 0.2) is 5.58 Å². The van der Waals surface area contributed by atoms with E-state index in [1.807, 2.05) is 6.07 Å². The van der Waals surface area contributed by atoms with Crippen LogP contribution in [0, 0.1) is 17.8 Å². The van der Waals surface area contributed by atoms with Crippen molar-refractivity contribution in [3.63, 3.8) is 0 Å². The van der Waals surface area contributed by atoms with Crippen LogP contribution in [0.2, 0.25) is 0 Å². The molecule has 0 spiro atoms. The van der Waals surface area contributed by atoms with Crippen LogP contribution in [0.5, 0.6) is 0 Å². The van der Waals surface area contributed by atoms with Crippen molar-refractivity contribution in [3.05, 3.63) is 18.2 Å². The highest BCUT2D eigenvalue weighted by atomic mass is 32.2. The van der Waals surface area contributed by atoms with Crippen molar-refractivity contribution in [1.29, 1.82) is 0 Å². The summed E-state index contributed by atoms with van der Waals surface area (Å²) in [5.41, 5.74) is 7.71. The van der Waals surface area contributed by atoms with Gasteiger partial charge in [-0.15, -0.1) is 0 Å². The van der Waals surface area contributed by atoms with Crippen molar-refractivity contribution in [1.82, 2.24) is 4.98 Å². The molecule has 2 aliphatic rings. The van der Waals surface area contributed by atoms with E-state index in [0.29, 0.717) is 28.2 Å². The van der Waals surface area contributed by atoms with Crippen LogP contribution in [-0.2, 0) is 10.8 Å². The molecule has 0 amide bonds. The first-order chi connectivity index (χ1) is 9.69. The van der Waals surface area contributed by atoms with E-state index in [9.17, 15) is 4.21 Å². The largest absolute Gasteiger partial charge is 0.430 e. The summed E-state index contributed by atoms with van der Waals surface area (Å²) in [5.74, 6) is 2.95. The van der Waals surface area contributed by atoms with Crippen LogP contribution in [0.4, 0.5) is 5.69 Å².